The first kappa shape index (κ1) is 16.4. The molecular weight excluding hydrogens is 223 g/mol. The summed E-state index contributed by atoms with van der Waals surface area (Å²) in [6.45, 7) is 7.41. The van der Waals surface area contributed by atoms with Gasteiger partial charge in [0.15, 0.2) is 0 Å². The molecule has 0 saturated carbocycles. The molecule has 0 bridgehead atoms. The highest BCUT2D eigenvalue weighted by molar-refractivity contribution is 6.30. The molecule has 1 aliphatic carbocycles. The predicted octanol–water partition coefficient (Wildman–Crippen LogP) is 0.568. The smallest absolute Gasteiger partial charge is 0.490 e. The Labute approximate surface area is 103 Å². The minimum absolute atomic E-state index is 0.511. The molecule has 1 rings (SSSR count). The van der Waals surface area contributed by atoms with Gasteiger partial charge in [0.05, 0.1) is 11.4 Å². The number of hydrogen-bond donors (Lipinski definition) is 4. The molecule has 6 heteroatoms. The van der Waals surface area contributed by atoms with Crippen LogP contribution in [-0.2, 0) is 4.74 Å². The average molecular weight is 246 g/mol. The highest BCUT2D eigenvalue weighted by Crippen LogP contribution is 2.31. The second-order valence-electron chi connectivity index (χ2n) is 5.08. The molecular formula is C11H23BO5. The number of hydrogen-bond acceptors (Lipinski definition) is 5. The van der Waals surface area contributed by atoms with Gasteiger partial charge in [-0.1, -0.05) is 0 Å². The molecule has 0 atom stereocenters. The maximum absolute atomic E-state index is 9.85. The molecule has 1 aliphatic rings. The fourth-order valence-electron chi connectivity index (χ4n) is 1.19. The van der Waals surface area contributed by atoms with Crippen molar-refractivity contribution >= 4 is 7.32 Å². The van der Waals surface area contributed by atoms with Crippen LogP contribution in [0.1, 0.15) is 47.0 Å². The first-order valence-electron chi connectivity index (χ1n) is 5.71. The molecule has 0 unspecified atom stereocenters. The molecule has 17 heavy (non-hydrogen) atoms. The van der Waals surface area contributed by atoms with E-state index in [-0.39, 0.29) is 0 Å². The van der Waals surface area contributed by atoms with Crippen LogP contribution in [0.25, 0.3) is 0 Å². The molecule has 0 amide bonds. The summed E-state index contributed by atoms with van der Waals surface area (Å²) >= 11 is 0. The number of allylic oxidation sites excluding steroid dienone is 2. The van der Waals surface area contributed by atoms with Gasteiger partial charge in [0.2, 0.25) is 0 Å². The third-order valence-corrected chi connectivity index (χ3v) is 2.86. The van der Waals surface area contributed by atoms with E-state index in [1.165, 1.54) is 6.42 Å². The van der Waals surface area contributed by atoms with Crippen LogP contribution in [0.5, 0.6) is 0 Å². The van der Waals surface area contributed by atoms with Crippen molar-refractivity contribution in [2.24, 2.45) is 0 Å². The zero-order valence-electron chi connectivity index (χ0n) is 11.0. The first-order chi connectivity index (χ1) is 7.56. The summed E-state index contributed by atoms with van der Waals surface area (Å²) in [5, 5.41) is 31.4. The third-order valence-electron chi connectivity index (χ3n) is 2.86. The van der Waals surface area contributed by atoms with Crippen LogP contribution in [0.4, 0.5) is 0 Å². The molecule has 4 N–H and O–H groups in total. The fourth-order valence-corrected chi connectivity index (χ4v) is 1.19. The largest absolute Gasteiger partial charge is 0.631 e. The second kappa shape index (κ2) is 6.40. The van der Waals surface area contributed by atoms with E-state index >= 15 is 0 Å². The van der Waals surface area contributed by atoms with Crippen LogP contribution in [0.15, 0.2) is 11.8 Å². The molecule has 0 heterocycles. The zero-order valence-corrected chi connectivity index (χ0v) is 11.0. The van der Waals surface area contributed by atoms with E-state index in [2.05, 4.69) is 6.08 Å². The van der Waals surface area contributed by atoms with E-state index in [1.807, 2.05) is 13.8 Å². The summed E-state index contributed by atoms with van der Waals surface area (Å²) in [4.78, 5) is 0. The van der Waals surface area contributed by atoms with Crippen molar-refractivity contribution in [2.45, 2.75) is 58.2 Å². The van der Waals surface area contributed by atoms with Gasteiger partial charge in [-0.15, -0.1) is 0 Å². The van der Waals surface area contributed by atoms with Crippen molar-refractivity contribution in [2.75, 3.05) is 0 Å². The molecule has 0 fully saturated rings. The van der Waals surface area contributed by atoms with Crippen LogP contribution < -0.4 is 0 Å². The van der Waals surface area contributed by atoms with E-state index < -0.39 is 18.5 Å². The molecule has 0 aromatic rings. The van der Waals surface area contributed by atoms with Crippen LogP contribution in [-0.4, -0.2) is 38.7 Å². The van der Waals surface area contributed by atoms with Crippen molar-refractivity contribution < 1.29 is 24.9 Å². The van der Waals surface area contributed by atoms with Gasteiger partial charge in [-0.3, -0.25) is 0 Å². The van der Waals surface area contributed by atoms with Crippen molar-refractivity contribution in [3.8, 4) is 0 Å². The second-order valence-corrected chi connectivity index (χ2v) is 5.08. The Kier molecular flexibility index (Phi) is 6.19. The number of ether oxygens (including phenoxy) is 1. The van der Waals surface area contributed by atoms with Crippen LogP contribution in [0.3, 0.4) is 0 Å². The summed E-state index contributed by atoms with van der Waals surface area (Å²) in [6.07, 6.45) is 5.42. The average Bonchev–Trinajstić information content (AvgIpc) is 2.52. The lowest BCUT2D eigenvalue weighted by atomic mass is 9.89. The molecule has 0 saturated heterocycles. The fraction of sp³-hybridized carbons (Fsp3) is 0.818. The first-order valence-corrected chi connectivity index (χ1v) is 5.71. The minimum Gasteiger partial charge on any atom is -0.490 e. The standard InChI is InChI=1S/C11H20O2.BH3O3/c1-10(2,12)11(3,4)13-9-7-5-6-8-9;2-1(3)4/h7,12H,5-6,8H2,1-4H3;2-4H. The van der Waals surface area contributed by atoms with Gasteiger partial charge in [0.1, 0.15) is 5.60 Å². The van der Waals surface area contributed by atoms with Gasteiger partial charge in [-0.05, 0) is 46.6 Å². The number of aliphatic hydroxyl groups is 1. The molecule has 0 aromatic carbocycles. The van der Waals surface area contributed by atoms with E-state index in [1.54, 1.807) is 13.8 Å². The topological polar surface area (TPSA) is 90.2 Å². The maximum atomic E-state index is 9.85. The monoisotopic (exact) mass is 246 g/mol. The van der Waals surface area contributed by atoms with Gasteiger partial charge in [0.25, 0.3) is 0 Å². The van der Waals surface area contributed by atoms with Crippen molar-refractivity contribution in [3.63, 3.8) is 0 Å². The SMILES string of the molecule is CC(C)(O)C(C)(C)OC1=CCCC1.OB(O)O. The lowest BCUT2D eigenvalue weighted by Gasteiger charge is -2.37. The lowest BCUT2D eigenvalue weighted by molar-refractivity contribution is -0.124. The number of rotatable bonds is 3. The van der Waals surface area contributed by atoms with Crippen molar-refractivity contribution in [1.82, 2.24) is 0 Å². The predicted molar refractivity (Wildman–Crippen MR) is 65.8 cm³/mol. The van der Waals surface area contributed by atoms with Crippen LogP contribution in [0.2, 0.25) is 0 Å². The highest BCUT2D eigenvalue weighted by Gasteiger charge is 2.37. The Bertz CT molecular complexity index is 252. The van der Waals surface area contributed by atoms with Gasteiger partial charge in [0, 0.05) is 6.42 Å². The van der Waals surface area contributed by atoms with Crippen LogP contribution >= 0.6 is 0 Å². The molecule has 0 spiro atoms. The van der Waals surface area contributed by atoms with E-state index in [9.17, 15) is 5.11 Å². The molecule has 0 radical (unpaired) electrons. The van der Waals surface area contributed by atoms with Crippen molar-refractivity contribution in [3.05, 3.63) is 11.8 Å². The van der Waals surface area contributed by atoms with E-state index in [0.717, 1.165) is 18.6 Å². The Morgan fingerprint density at radius 2 is 1.65 bits per heavy atom. The van der Waals surface area contributed by atoms with Gasteiger partial charge >= 0.3 is 7.32 Å². The molecule has 100 valence electrons. The lowest BCUT2D eigenvalue weighted by Crippen LogP contribution is -2.46. The van der Waals surface area contributed by atoms with Gasteiger partial charge in [-0.25, -0.2) is 0 Å². The molecule has 5 nitrogen and oxygen atoms in total. The van der Waals surface area contributed by atoms with Gasteiger partial charge in [-0.2, -0.15) is 0 Å². The van der Waals surface area contributed by atoms with Gasteiger partial charge < -0.3 is 24.9 Å². The Hall–Kier alpha value is -0.555. The maximum Gasteiger partial charge on any atom is 0.631 e. The van der Waals surface area contributed by atoms with E-state index in [4.69, 9.17) is 19.8 Å². The molecule has 0 aliphatic heterocycles. The quantitative estimate of drug-likeness (QED) is 0.546. The molecule has 0 aromatic heterocycles. The summed E-state index contributed by atoms with van der Waals surface area (Å²) in [5.41, 5.74) is -1.32. The normalized spacial score (nSPS) is 15.9. The van der Waals surface area contributed by atoms with Crippen LogP contribution in [0, 0.1) is 0 Å². The summed E-state index contributed by atoms with van der Waals surface area (Å²) in [6, 6.07) is 0. The van der Waals surface area contributed by atoms with E-state index in [0.29, 0.717) is 0 Å². The highest BCUT2D eigenvalue weighted by atomic mass is 16.5. The minimum atomic E-state index is -2.17. The Morgan fingerprint density at radius 1 is 1.18 bits per heavy atom. The Morgan fingerprint density at radius 3 is 1.94 bits per heavy atom. The summed E-state index contributed by atoms with van der Waals surface area (Å²) in [7, 11) is -2.17. The third kappa shape index (κ3) is 6.68. The zero-order chi connectivity index (χ0) is 13.7. The van der Waals surface area contributed by atoms with Crippen molar-refractivity contribution in [1.29, 1.82) is 0 Å². The Balaban J connectivity index is 0.000000557. The summed E-state index contributed by atoms with van der Waals surface area (Å²) in [5.74, 6) is 1.03. The summed E-state index contributed by atoms with van der Waals surface area (Å²) < 4.78 is 5.77.